The first kappa shape index (κ1) is 24.9. The average Bonchev–Trinajstić information content (AvgIpc) is 3.17. The smallest absolute Gasteiger partial charge is 0.410 e. The van der Waals surface area contributed by atoms with E-state index in [-0.39, 0.29) is 12.0 Å². The number of hydrogen-bond acceptors (Lipinski definition) is 8. The zero-order valence-corrected chi connectivity index (χ0v) is 20.8. The summed E-state index contributed by atoms with van der Waals surface area (Å²) in [6, 6.07) is 5.61. The maximum absolute atomic E-state index is 13.4. The molecule has 3 rings (SSSR count). The third-order valence-corrected chi connectivity index (χ3v) is 6.22. The van der Waals surface area contributed by atoms with E-state index in [1.165, 1.54) is 11.3 Å². The zero-order valence-electron chi connectivity index (χ0n) is 19.9. The van der Waals surface area contributed by atoms with E-state index in [9.17, 15) is 9.59 Å². The van der Waals surface area contributed by atoms with Gasteiger partial charge < -0.3 is 25.0 Å². The minimum absolute atomic E-state index is 0.113. The Hall–Kier alpha value is -2.72. The molecule has 2 aromatic rings. The number of nitrogens with zero attached hydrogens (tertiary/aromatic N) is 3. The summed E-state index contributed by atoms with van der Waals surface area (Å²) in [5.41, 5.74) is -0.763. The van der Waals surface area contributed by atoms with Crippen LogP contribution in [0, 0.1) is 6.92 Å². The van der Waals surface area contributed by atoms with Crippen LogP contribution in [0.2, 0.25) is 0 Å². The van der Waals surface area contributed by atoms with Gasteiger partial charge in [0.15, 0.2) is 5.13 Å². The maximum Gasteiger partial charge on any atom is 0.410 e. The molecule has 180 valence electrons. The molecule has 10 heteroatoms. The first-order chi connectivity index (χ1) is 15.6. The van der Waals surface area contributed by atoms with Gasteiger partial charge in [-0.15, -0.1) is 11.3 Å². The highest BCUT2D eigenvalue weighted by Gasteiger charge is 2.45. The molecule has 0 aromatic carbocycles. The number of likely N-dealkylation sites (tertiary alicyclic amines) is 1. The lowest BCUT2D eigenvalue weighted by molar-refractivity contribution is -0.129. The number of piperidine rings is 1. The number of nitrogens with one attached hydrogen (secondary N) is 2. The number of aromatic nitrogens is 2. The maximum atomic E-state index is 13.4. The molecule has 1 aliphatic heterocycles. The van der Waals surface area contributed by atoms with Crippen LogP contribution < -0.4 is 10.6 Å². The fourth-order valence-electron chi connectivity index (χ4n) is 3.73. The molecule has 2 amide bonds. The van der Waals surface area contributed by atoms with Gasteiger partial charge in [0, 0.05) is 37.8 Å². The standard InChI is InChI=1S/C23H33N5O4S/c1-16-15-25-20(33-16)27-18-8-6-7-17(26-18)23(19(29)24-11-14-31-5)9-12-28(13-10-23)21(30)32-22(2,3)4/h6-8,15H,9-14H2,1-5H3,(H,24,29)(H,25,26,27). The third-order valence-electron chi connectivity index (χ3n) is 5.39. The second-order valence-electron chi connectivity index (χ2n) is 9.11. The Morgan fingerprint density at radius 1 is 1.24 bits per heavy atom. The van der Waals surface area contributed by atoms with Crippen molar-refractivity contribution in [1.29, 1.82) is 0 Å². The molecule has 33 heavy (non-hydrogen) atoms. The second-order valence-corrected chi connectivity index (χ2v) is 10.3. The highest BCUT2D eigenvalue weighted by molar-refractivity contribution is 7.15. The van der Waals surface area contributed by atoms with E-state index >= 15 is 0 Å². The minimum Gasteiger partial charge on any atom is -0.444 e. The molecule has 3 heterocycles. The Kier molecular flexibility index (Phi) is 7.91. The van der Waals surface area contributed by atoms with Crippen LogP contribution >= 0.6 is 11.3 Å². The predicted octanol–water partition coefficient (Wildman–Crippen LogP) is 3.62. The van der Waals surface area contributed by atoms with Crippen molar-refractivity contribution in [1.82, 2.24) is 20.2 Å². The van der Waals surface area contributed by atoms with Gasteiger partial charge in [0.1, 0.15) is 11.4 Å². The summed E-state index contributed by atoms with van der Waals surface area (Å²) in [5.74, 6) is 0.513. The van der Waals surface area contributed by atoms with Crippen LogP contribution in [-0.4, -0.2) is 65.8 Å². The van der Waals surface area contributed by atoms with Gasteiger partial charge >= 0.3 is 6.09 Å². The van der Waals surface area contributed by atoms with Crippen LogP contribution in [0.4, 0.5) is 15.7 Å². The minimum atomic E-state index is -0.858. The molecule has 2 N–H and O–H groups in total. The monoisotopic (exact) mass is 475 g/mol. The van der Waals surface area contributed by atoms with Crippen molar-refractivity contribution >= 4 is 34.3 Å². The van der Waals surface area contributed by atoms with Crippen molar-refractivity contribution in [3.05, 3.63) is 35.0 Å². The molecule has 2 aromatic heterocycles. The fraction of sp³-hybridized carbons (Fsp3) is 0.565. The molecule has 1 saturated heterocycles. The van der Waals surface area contributed by atoms with Crippen LogP contribution in [0.15, 0.2) is 24.4 Å². The molecule has 0 saturated carbocycles. The Morgan fingerprint density at radius 2 is 1.97 bits per heavy atom. The first-order valence-electron chi connectivity index (χ1n) is 11.1. The number of thiazole rings is 1. The van der Waals surface area contributed by atoms with Crippen molar-refractivity contribution in [2.45, 2.75) is 51.6 Å². The lowest BCUT2D eigenvalue weighted by atomic mass is 9.74. The number of pyridine rings is 1. The SMILES string of the molecule is COCCNC(=O)C1(c2cccc(Nc3ncc(C)s3)n2)CCN(C(=O)OC(C)(C)C)CC1. The second kappa shape index (κ2) is 10.5. The van der Waals surface area contributed by atoms with E-state index in [2.05, 4.69) is 15.6 Å². The number of methoxy groups -OCH3 is 1. The van der Waals surface area contributed by atoms with Crippen LogP contribution in [-0.2, 0) is 19.7 Å². The Labute approximate surface area is 198 Å². The molecular formula is C23H33N5O4S. The van der Waals surface area contributed by atoms with Gasteiger partial charge in [-0.1, -0.05) is 6.07 Å². The van der Waals surface area contributed by atoms with Gasteiger partial charge in [-0.2, -0.15) is 0 Å². The Bertz CT molecular complexity index is 964. The van der Waals surface area contributed by atoms with Crippen molar-refractivity contribution in [2.75, 3.05) is 38.7 Å². The summed E-state index contributed by atoms with van der Waals surface area (Å²) < 4.78 is 10.6. The highest BCUT2D eigenvalue weighted by atomic mass is 32.1. The average molecular weight is 476 g/mol. The highest BCUT2D eigenvalue weighted by Crippen LogP contribution is 2.36. The Balaban J connectivity index is 1.82. The van der Waals surface area contributed by atoms with Gasteiger partial charge in [-0.25, -0.2) is 14.8 Å². The topological polar surface area (TPSA) is 106 Å². The van der Waals surface area contributed by atoms with Crippen LogP contribution in [0.3, 0.4) is 0 Å². The molecule has 0 aliphatic carbocycles. The number of carbonyl (C=O) groups excluding carboxylic acids is 2. The number of hydrogen-bond donors (Lipinski definition) is 2. The van der Waals surface area contributed by atoms with Gasteiger partial charge in [0.25, 0.3) is 0 Å². The van der Waals surface area contributed by atoms with Crippen LogP contribution in [0.25, 0.3) is 0 Å². The van der Waals surface area contributed by atoms with Crippen molar-refractivity contribution in [2.24, 2.45) is 0 Å². The summed E-state index contributed by atoms with van der Waals surface area (Å²) in [6.07, 6.45) is 2.32. The van der Waals surface area contributed by atoms with Crippen molar-refractivity contribution < 1.29 is 19.1 Å². The molecule has 0 bridgehead atoms. The summed E-state index contributed by atoms with van der Waals surface area (Å²) in [6.45, 7) is 9.14. The molecule has 0 spiro atoms. The first-order valence-corrected chi connectivity index (χ1v) is 11.9. The normalized spacial score (nSPS) is 15.7. The van der Waals surface area contributed by atoms with Gasteiger partial charge in [0.05, 0.1) is 17.7 Å². The Morgan fingerprint density at radius 3 is 2.58 bits per heavy atom. The summed E-state index contributed by atoms with van der Waals surface area (Å²) in [5, 5.41) is 6.95. The van der Waals surface area contributed by atoms with E-state index in [0.29, 0.717) is 50.6 Å². The number of rotatable bonds is 7. The lowest BCUT2D eigenvalue weighted by Crippen LogP contribution is -2.54. The van der Waals surface area contributed by atoms with E-state index < -0.39 is 11.0 Å². The zero-order chi connectivity index (χ0) is 24.1. The lowest BCUT2D eigenvalue weighted by Gasteiger charge is -2.40. The molecule has 1 fully saturated rings. The number of carbonyl (C=O) groups is 2. The molecule has 1 aliphatic rings. The molecule has 0 radical (unpaired) electrons. The molecular weight excluding hydrogens is 442 g/mol. The van der Waals surface area contributed by atoms with Crippen molar-refractivity contribution in [3.8, 4) is 0 Å². The number of anilines is 2. The van der Waals surface area contributed by atoms with Gasteiger partial charge in [-0.3, -0.25) is 4.79 Å². The van der Waals surface area contributed by atoms with E-state index in [0.717, 1.165) is 10.0 Å². The molecule has 9 nitrogen and oxygen atoms in total. The molecule has 0 unspecified atom stereocenters. The number of ether oxygens (including phenoxy) is 2. The van der Waals surface area contributed by atoms with Crippen LogP contribution in [0.5, 0.6) is 0 Å². The van der Waals surface area contributed by atoms with Crippen LogP contribution in [0.1, 0.15) is 44.2 Å². The largest absolute Gasteiger partial charge is 0.444 e. The number of amides is 2. The van der Waals surface area contributed by atoms with E-state index in [4.69, 9.17) is 14.5 Å². The van der Waals surface area contributed by atoms with Gasteiger partial charge in [-0.05, 0) is 52.7 Å². The van der Waals surface area contributed by atoms with Gasteiger partial charge in [0.2, 0.25) is 5.91 Å². The quantitative estimate of drug-likeness (QED) is 0.589. The molecule has 0 atom stereocenters. The van der Waals surface area contributed by atoms with Crippen molar-refractivity contribution in [3.63, 3.8) is 0 Å². The summed E-state index contributed by atoms with van der Waals surface area (Å²) in [4.78, 5) is 37.8. The third kappa shape index (κ3) is 6.42. The van der Waals surface area contributed by atoms with E-state index in [1.54, 1.807) is 18.2 Å². The number of aryl methyl sites for hydroxylation is 1. The summed E-state index contributed by atoms with van der Waals surface area (Å²) in [7, 11) is 1.60. The predicted molar refractivity (Wildman–Crippen MR) is 128 cm³/mol. The fourth-order valence-corrected chi connectivity index (χ4v) is 4.40. The summed E-state index contributed by atoms with van der Waals surface area (Å²) >= 11 is 1.54. The van der Waals surface area contributed by atoms with E-state index in [1.807, 2.05) is 45.9 Å².